The fourth-order valence-electron chi connectivity index (χ4n) is 4.21. The van der Waals surface area contributed by atoms with Crippen LogP contribution >= 0.6 is 0 Å². The Morgan fingerprint density at radius 2 is 1.11 bits per heavy atom. The molecule has 3 aromatic rings. The van der Waals surface area contributed by atoms with E-state index < -0.39 is 30.6 Å². The minimum absolute atomic E-state index is 0.319. The maximum absolute atomic E-state index is 12.1. The number of hydrogen-bond acceptors (Lipinski definition) is 6. The van der Waals surface area contributed by atoms with Gasteiger partial charge in [0, 0.05) is 0 Å². The highest BCUT2D eigenvalue weighted by Crippen LogP contribution is 2.29. The van der Waals surface area contributed by atoms with Crippen molar-refractivity contribution >= 4 is 6.09 Å². The molecule has 1 N–H and O–H groups in total. The zero-order chi connectivity index (χ0) is 25.2. The molecule has 0 unspecified atom stereocenters. The van der Waals surface area contributed by atoms with Crippen molar-refractivity contribution < 1.29 is 28.5 Å². The van der Waals surface area contributed by atoms with Crippen molar-refractivity contribution in [1.29, 1.82) is 0 Å². The molecule has 0 aliphatic carbocycles. The monoisotopic (exact) mass is 491 g/mol. The van der Waals surface area contributed by atoms with Crippen LogP contribution in [0.4, 0.5) is 4.79 Å². The fraction of sp³-hybridized carbons (Fsp3) is 0.345. The maximum Gasteiger partial charge on any atom is 0.408 e. The third-order valence-corrected chi connectivity index (χ3v) is 6.07. The van der Waals surface area contributed by atoms with E-state index in [0.29, 0.717) is 19.8 Å². The number of hydrogen-bond donors (Lipinski definition) is 1. The second-order valence-corrected chi connectivity index (χ2v) is 8.68. The molecule has 0 spiro atoms. The third-order valence-electron chi connectivity index (χ3n) is 6.07. The van der Waals surface area contributed by atoms with Crippen LogP contribution in [0.3, 0.4) is 0 Å². The summed E-state index contributed by atoms with van der Waals surface area (Å²) in [6, 6.07) is 29.7. The Morgan fingerprint density at radius 3 is 1.56 bits per heavy atom. The Labute approximate surface area is 212 Å². The van der Waals surface area contributed by atoms with E-state index in [2.05, 4.69) is 5.32 Å². The molecule has 1 heterocycles. The molecule has 1 aliphatic rings. The lowest BCUT2D eigenvalue weighted by Crippen LogP contribution is -2.63. The summed E-state index contributed by atoms with van der Waals surface area (Å²) in [5.74, 6) is 0. The van der Waals surface area contributed by atoms with E-state index in [4.69, 9.17) is 23.7 Å². The average Bonchev–Trinajstić information content (AvgIpc) is 2.92. The summed E-state index contributed by atoms with van der Waals surface area (Å²) in [4.78, 5) is 12.1. The van der Waals surface area contributed by atoms with E-state index in [1.165, 1.54) is 7.11 Å². The fourth-order valence-corrected chi connectivity index (χ4v) is 4.21. The van der Waals surface area contributed by atoms with Crippen LogP contribution in [0, 0.1) is 0 Å². The summed E-state index contributed by atoms with van der Waals surface area (Å²) in [6.45, 7) is 2.98. The van der Waals surface area contributed by atoms with Gasteiger partial charge in [0.1, 0.15) is 18.3 Å². The first-order valence-electron chi connectivity index (χ1n) is 12.1. The molecule has 1 fully saturated rings. The van der Waals surface area contributed by atoms with Gasteiger partial charge in [-0.1, -0.05) is 91.0 Å². The Hall–Kier alpha value is -3.23. The van der Waals surface area contributed by atoms with Gasteiger partial charge in [0.25, 0.3) is 0 Å². The Kier molecular flexibility index (Phi) is 9.47. The Morgan fingerprint density at radius 1 is 0.694 bits per heavy atom. The summed E-state index contributed by atoms with van der Waals surface area (Å²) in [6.07, 6.45) is -3.38. The molecule has 4 rings (SSSR count). The zero-order valence-corrected chi connectivity index (χ0v) is 20.6. The van der Waals surface area contributed by atoms with Crippen LogP contribution < -0.4 is 5.32 Å². The van der Waals surface area contributed by atoms with E-state index in [0.717, 1.165) is 16.7 Å². The highest BCUT2D eigenvalue weighted by Gasteiger charge is 2.47. The van der Waals surface area contributed by atoms with Crippen molar-refractivity contribution in [3.63, 3.8) is 0 Å². The van der Waals surface area contributed by atoms with Gasteiger partial charge in [0.2, 0.25) is 0 Å². The summed E-state index contributed by atoms with van der Waals surface area (Å²) < 4.78 is 30.2. The Balaban J connectivity index is 1.58. The van der Waals surface area contributed by atoms with Gasteiger partial charge in [-0.15, -0.1) is 0 Å². The second-order valence-electron chi connectivity index (χ2n) is 8.68. The van der Waals surface area contributed by atoms with Crippen LogP contribution in [0.25, 0.3) is 0 Å². The molecule has 190 valence electrons. The first-order valence-corrected chi connectivity index (χ1v) is 12.1. The quantitative estimate of drug-likeness (QED) is 0.437. The van der Waals surface area contributed by atoms with Crippen molar-refractivity contribution in [2.75, 3.05) is 7.11 Å². The molecule has 0 bridgehead atoms. The first-order chi connectivity index (χ1) is 17.6. The van der Waals surface area contributed by atoms with Gasteiger partial charge in [-0.05, 0) is 23.6 Å². The molecule has 3 aromatic carbocycles. The number of ether oxygens (including phenoxy) is 5. The van der Waals surface area contributed by atoms with Gasteiger partial charge >= 0.3 is 6.09 Å². The number of nitrogens with one attached hydrogen (secondary N) is 1. The van der Waals surface area contributed by atoms with Gasteiger partial charge in [0.05, 0.1) is 33.0 Å². The van der Waals surface area contributed by atoms with Crippen LogP contribution in [-0.4, -0.2) is 43.8 Å². The van der Waals surface area contributed by atoms with Gasteiger partial charge in [0.15, 0.2) is 6.23 Å². The lowest BCUT2D eigenvalue weighted by Gasteiger charge is -2.45. The molecular formula is C29H33NO6. The predicted molar refractivity (Wildman–Crippen MR) is 135 cm³/mol. The van der Waals surface area contributed by atoms with E-state index in [1.54, 1.807) is 0 Å². The minimum atomic E-state index is -0.784. The number of carbonyl (C=O) groups is 1. The normalized spacial score (nSPS) is 23.7. The number of rotatable bonds is 10. The van der Waals surface area contributed by atoms with Gasteiger partial charge < -0.3 is 23.7 Å². The zero-order valence-electron chi connectivity index (χ0n) is 20.6. The number of methoxy groups -OCH3 is 1. The van der Waals surface area contributed by atoms with Gasteiger partial charge in [-0.3, -0.25) is 5.32 Å². The lowest BCUT2D eigenvalue weighted by atomic mass is 9.97. The number of amides is 1. The van der Waals surface area contributed by atoms with Crippen molar-refractivity contribution in [3.8, 4) is 0 Å². The van der Waals surface area contributed by atoms with Crippen molar-refractivity contribution in [2.24, 2.45) is 0 Å². The van der Waals surface area contributed by atoms with E-state index in [-0.39, 0.29) is 6.10 Å². The smallest absolute Gasteiger partial charge is 0.408 e. The number of alkyl carbamates (subject to hydrolysis) is 1. The highest BCUT2D eigenvalue weighted by molar-refractivity contribution is 5.67. The maximum atomic E-state index is 12.1. The first kappa shape index (κ1) is 25.9. The molecule has 36 heavy (non-hydrogen) atoms. The lowest BCUT2D eigenvalue weighted by molar-refractivity contribution is -0.265. The van der Waals surface area contributed by atoms with Gasteiger partial charge in [-0.25, -0.2) is 4.79 Å². The van der Waals surface area contributed by atoms with Crippen molar-refractivity contribution in [1.82, 2.24) is 5.32 Å². The Bertz CT molecular complexity index is 1050. The van der Waals surface area contributed by atoms with E-state index >= 15 is 0 Å². The highest BCUT2D eigenvalue weighted by atomic mass is 16.6. The molecule has 1 saturated heterocycles. The SMILES string of the molecule is COC(=O)N[C@@H]1O[C@H](C)[C@@H](OCc2ccccc2)[C@H](OCc2ccccc2)[C@H]1OCc1ccccc1. The van der Waals surface area contributed by atoms with Crippen LogP contribution in [0.5, 0.6) is 0 Å². The largest absolute Gasteiger partial charge is 0.453 e. The van der Waals surface area contributed by atoms with Crippen molar-refractivity contribution in [3.05, 3.63) is 108 Å². The summed E-state index contributed by atoms with van der Waals surface area (Å²) in [5, 5.41) is 2.76. The van der Waals surface area contributed by atoms with Crippen molar-refractivity contribution in [2.45, 2.75) is 57.4 Å². The second kappa shape index (κ2) is 13.2. The van der Waals surface area contributed by atoms with Crippen LogP contribution in [0.1, 0.15) is 23.6 Å². The summed E-state index contributed by atoms with van der Waals surface area (Å²) in [5.41, 5.74) is 3.07. The topological polar surface area (TPSA) is 75.3 Å². The van der Waals surface area contributed by atoms with Crippen LogP contribution in [0.15, 0.2) is 91.0 Å². The van der Waals surface area contributed by atoms with E-state index in [1.807, 2.05) is 97.9 Å². The molecule has 0 aromatic heterocycles. The summed E-state index contributed by atoms with van der Waals surface area (Å²) in [7, 11) is 1.32. The predicted octanol–water partition coefficient (Wildman–Crippen LogP) is 4.84. The summed E-state index contributed by atoms with van der Waals surface area (Å²) >= 11 is 0. The molecule has 0 saturated carbocycles. The van der Waals surface area contributed by atoms with E-state index in [9.17, 15) is 4.79 Å². The molecule has 7 nitrogen and oxygen atoms in total. The number of carbonyl (C=O) groups excluding carboxylic acids is 1. The minimum Gasteiger partial charge on any atom is -0.453 e. The third kappa shape index (κ3) is 7.15. The molecular weight excluding hydrogens is 458 g/mol. The molecule has 1 amide bonds. The molecule has 0 radical (unpaired) electrons. The average molecular weight is 492 g/mol. The molecule has 1 aliphatic heterocycles. The van der Waals surface area contributed by atoms with Crippen LogP contribution in [-0.2, 0) is 43.5 Å². The number of benzene rings is 3. The van der Waals surface area contributed by atoms with Crippen LogP contribution in [0.2, 0.25) is 0 Å². The standard InChI is InChI=1S/C29H33NO6/c1-21-25(33-18-22-12-6-3-7-13-22)26(34-19-23-14-8-4-9-15-23)27(28(36-21)30-29(31)32-2)35-20-24-16-10-5-11-17-24/h3-17,21,25-28H,18-20H2,1-2H3,(H,30,31)/t21-,25-,26+,27-,28-/m1/s1. The molecule has 5 atom stereocenters. The molecule has 7 heteroatoms. The van der Waals surface area contributed by atoms with Gasteiger partial charge in [-0.2, -0.15) is 0 Å².